The summed E-state index contributed by atoms with van der Waals surface area (Å²) < 4.78 is 10.4. The molecule has 4 heteroatoms. The minimum Gasteiger partial charge on any atom is -0.493 e. The lowest BCUT2D eigenvalue weighted by Gasteiger charge is -2.15. The number of aryl methyl sites for hydroxylation is 1. The third-order valence-electron chi connectivity index (χ3n) is 2.40. The molecule has 0 radical (unpaired) electrons. The molecule has 1 unspecified atom stereocenters. The van der Waals surface area contributed by atoms with Crippen molar-refractivity contribution in [2.45, 2.75) is 19.9 Å². The summed E-state index contributed by atoms with van der Waals surface area (Å²) in [7, 11) is 3.06. The van der Waals surface area contributed by atoms with Crippen LogP contribution in [0.3, 0.4) is 0 Å². The maximum absolute atomic E-state index is 11.8. The molecular weight excluding hydrogens is 206 g/mol. The minimum atomic E-state index is -0.554. The average molecular weight is 223 g/mol. The van der Waals surface area contributed by atoms with Crippen molar-refractivity contribution in [1.82, 2.24) is 0 Å². The van der Waals surface area contributed by atoms with Gasteiger partial charge in [0.15, 0.2) is 17.3 Å². The molecule has 0 aliphatic carbocycles. The maximum atomic E-state index is 11.8. The average Bonchev–Trinajstić information content (AvgIpc) is 2.27. The van der Waals surface area contributed by atoms with Crippen LogP contribution in [-0.4, -0.2) is 26.0 Å². The zero-order valence-corrected chi connectivity index (χ0v) is 10.0. The van der Waals surface area contributed by atoms with E-state index in [0.717, 1.165) is 5.56 Å². The van der Waals surface area contributed by atoms with E-state index in [-0.39, 0.29) is 5.78 Å². The number of ether oxygens (including phenoxy) is 2. The highest BCUT2D eigenvalue weighted by Crippen LogP contribution is 2.34. The van der Waals surface area contributed by atoms with E-state index in [0.29, 0.717) is 17.1 Å². The summed E-state index contributed by atoms with van der Waals surface area (Å²) in [5, 5.41) is 0. The Labute approximate surface area is 95.3 Å². The SMILES string of the molecule is COc1c(C)ccc(C(=O)C(C)N)c1OC. The van der Waals surface area contributed by atoms with Gasteiger partial charge in [-0.15, -0.1) is 0 Å². The third-order valence-corrected chi connectivity index (χ3v) is 2.40. The second-order valence-electron chi connectivity index (χ2n) is 3.65. The Morgan fingerprint density at radius 2 is 1.81 bits per heavy atom. The Morgan fingerprint density at radius 3 is 2.25 bits per heavy atom. The van der Waals surface area contributed by atoms with Crippen LogP contribution in [0, 0.1) is 6.92 Å². The van der Waals surface area contributed by atoms with Gasteiger partial charge < -0.3 is 15.2 Å². The summed E-state index contributed by atoms with van der Waals surface area (Å²) in [6.07, 6.45) is 0. The van der Waals surface area contributed by atoms with Gasteiger partial charge >= 0.3 is 0 Å². The zero-order chi connectivity index (χ0) is 12.3. The molecule has 16 heavy (non-hydrogen) atoms. The molecule has 1 aromatic carbocycles. The second-order valence-corrected chi connectivity index (χ2v) is 3.65. The highest BCUT2D eigenvalue weighted by atomic mass is 16.5. The summed E-state index contributed by atoms with van der Waals surface area (Å²) in [5.41, 5.74) is 6.95. The van der Waals surface area contributed by atoms with E-state index in [9.17, 15) is 4.79 Å². The fourth-order valence-electron chi connectivity index (χ4n) is 1.56. The fourth-order valence-corrected chi connectivity index (χ4v) is 1.56. The minimum absolute atomic E-state index is 0.157. The summed E-state index contributed by atoms with van der Waals surface area (Å²) in [5.74, 6) is 0.869. The number of carbonyl (C=O) groups excluding carboxylic acids is 1. The van der Waals surface area contributed by atoms with Crippen molar-refractivity contribution in [1.29, 1.82) is 0 Å². The van der Waals surface area contributed by atoms with Crippen molar-refractivity contribution >= 4 is 5.78 Å². The molecule has 4 nitrogen and oxygen atoms in total. The zero-order valence-electron chi connectivity index (χ0n) is 10.0. The largest absolute Gasteiger partial charge is 0.493 e. The number of hydrogen-bond donors (Lipinski definition) is 1. The van der Waals surface area contributed by atoms with Crippen LogP contribution in [0.5, 0.6) is 11.5 Å². The Hall–Kier alpha value is -1.55. The van der Waals surface area contributed by atoms with E-state index in [4.69, 9.17) is 15.2 Å². The quantitative estimate of drug-likeness (QED) is 0.786. The topological polar surface area (TPSA) is 61.5 Å². The van der Waals surface area contributed by atoms with Crippen molar-refractivity contribution in [3.63, 3.8) is 0 Å². The number of methoxy groups -OCH3 is 2. The Kier molecular flexibility index (Phi) is 3.90. The highest BCUT2D eigenvalue weighted by molar-refractivity contribution is 6.02. The molecule has 0 saturated heterocycles. The Balaban J connectivity index is 3.35. The van der Waals surface area contributed by atoms with Crippen LogP contribution in [0.4, 0.5) is 0 Å². The molecule has 88 valence electrons. The molecule has 2 N–H and O–H groups in total. The summed E-state index contributed by atoms with van der Waals surface area (Å²) >= 11 is 0. The van der Waals surface area contributed by atoms with Crippen LogP contribution in [0.1, 0.15) is 22.8 Å². The molecule has 1 aromatic rings. The lowest BCUT2D eigenvalue weighted by molar-refractivity contribution is 0.0964. The predicted octanol–water partition coefficient (Wildman–Crippen LogP) is 1.54. The molecule has 0 saturated carbocycles. The van der Waals surface area contributed by atoms with Gasteiger partial charge in [0.25, 0.3) is 0 Å². The first-order valence-electron chi connectivity index (χ1n) is 5.04. The van der Waals surface area contributed by atoms with E-state index in [1.807, 2.05) is 13.0 Å². The van der Waals surface area contributed by atoms with E-state index < -0.39 is 6.04 Å². The second kappa shape index (κ2) is 4.99. The van der Waals surface area contributed by atoms with E-state index >= 15 is 0 Å². The number of hydrogen-bond acceptors (Lipinski definition) is 4. The standard InChI is InChI=1S/C12H17NO3/c1-7-5-6-9(10(14)8(2)13)12(16-4)11(7)15-3/h5-6,8H,13H2,1-4H3. The van der Waals surface area contributed by atoms with Gasteiger partial charge in [-0.2, -0.15) is 0 Å². The summed E-state index contributed by atoms with van der Waals surface area (Å²) in [6, 6.07) is 2.97. The van der Waals surface area contributed by atoms with Crippen molar-refractivity contribution in [2.75, 3.05) is 14.2 Å². The molecule has 0 amide bonds. The van der Waals surface area contributed by atoms with Crippen LogP contribution < -0.4 is 15.2 Å². The number of nitrogens with two attached hydrogens (primary N) is 1. The molecular formula is C12H17NO3. The third kappa shape index (κ3) is 2.17. The first-order chi connectivity index (χ1) is 7.52. The lowest BCUT2D eigenvalue weighted by atomic mass is 10.0. The Bertz CT molecular complexity index is 399. The van der Waals surface area contributed by atoms with E-state index in [1.165, 1.54) is 7.11 Å². The van der Waals surface area contributed by atoms with Crippen molar-refractivity contribution in [2.24, 2.45) is 5.73 Å². The molecule has 0 aromatic heterocycles. The first kappa shape index (κ1) is 12.5. The van der Waals surface area contributed by atoms with E-state index in [1.54, 1.807) is 20.1 Å². The van der Waals surface area contributed by atoms with Gasteiger partial charge in [0.1, 0.15) is 0 Å². The molecule has 0 spiro atoms. The molecule has 0 bridgehead atoms. The molecule has 1 rings (SSSR count). The lowest BCUT2D eigenvalue weighted by Crippen LogP contribution is -2.27. The molecule has 0 fully saturated rings. The molecule has 0 heterocycles. The van der Waals surface area contributed by atoms with Crippen molar-refractivity contribution < 1.29 is 14.3 Å². The number of carbonyl (C=O) groups is 1. The maximum Gasteiger partial charge on any atom is 0.183 e. The molecule has 0 aliphatic heterocycles. The predicted molar refractivity (Wildman–Crippen MR) is 62.3 cm³/mol. The Morgan fingerprint density at radius 1 is 1.25 bits per heavy atom. The van der Waals surface area contributed by atoms with Gasteiger partial charge in [-0.05, 0) is 25.5 Å². The number of rotatable bonds is 4. The number of benzene rings is 1. The number of ketones is 1. The fraction of sp³-hybridized carbons (Fsp3) is 0.417. The van der Waals surface area contributed by atoms with Crippen LogP contribution in [0.15, 0.2) is 12.1 Å². The van der Waals surface area contributed by atoms with Gasteiger partial charge in [0, 0.05) is 0 Å². The van der Waals surface area contributed by atoms with Gasteiger partial charge in [-0.1, -0.05) is 6.07 Å². The van der Waals surface area contributed by atoms with Crippen molar-refractivity contribution in [3.8, 4) is 11.5 Å². The van der Waals surface area contributed by atoms with Crippen LogP contribution in [-0.2, 0) is 0 Å². The van der Waals surface area contributed by atoms with Gasteiger partial charge in [0.05, 0.1) is 25.8 Å². The van der Waals surface area contributed by atoms with Gasteiger partial charge in [0.2, 0.25) is 0 Å². The first-order valence-corrected chi connectivity index (χ1v) is 5.04. The summed E-state index contributed by atoms with van der Waals surface area (Å²) in [4.78, 5) is 11.8. The van der Waals surface area contributed by atoms with E-state index in [2.05, 4.69) is 0 Å². The normalized spacial score (nSPS) is 12.1. The van der Waals surface area contributed by atoms with Gasteiger partial charge in [-0.25, -0.2) is 0 Å². The van der Waals surface area contributed by atoms with Gasteiger partial charge in [-0.3, -0.25) is 4.79 Å². The summed E-state index contributed by atoms with van der Waals surface area (Å²) in [6.45, 7) is 3.54. The number of Topliss-reactive ketones (excluding diaryl/α,β-unsaturated/α-hetero) is 1. The smallest absolute Gasteiger partial charge is 0.183 e. The highest BCUT2D eigenvalue weighted by Gasteiger charge is 2.20. The van der Waals surface area contributed by atoms with Crippen LogP contribution >= 0.6 is 0 Å². The molecule has 1 atom stereocenters. The monoisotopic (exact) mass is 223 g/mol. The van der Waals surface area contributed by atoms with Crippen LogP contribution in [0.25, 0.3) is 0 Å². The van der Waals surface area contributed by atoms with Crippen LogP contribution in [0.2, 0.25) is 0 Å². The van der Waals surface area contributed by atoms with Crippen molar-refractivity contribution in [3.05, 3.63) is 23.3 Å². The molecule has 0 aliphatic rings.